The number of rotatable bonds is 6. The summed E-state index contributed by atoms with van der Waals surface area (Å²) >= 11 is 0. The first-order valence-corrected chi connectivity index (χ1v) is 14.6. The molecule has 7 heteroatoms. The molecule has 0 bridgehead atoms. The summed E-state index contributed by atoms with van der Waals surface area (Å²) in [6.07, 6.45) is 0. The Morgan fingerprint density at radius 1 is 0.550 bits per heavy atom. The van der Waals surface area contributed by atoms with Gasteiger partial charge in [0.15, 0.2) is 0 Å². The van der Waals surface area contributed by atoms with Crippen molar-refractivity contribution >= 4 is 9.84 Å². The van der Waals surface area contributed by atoms with Gasteiger partial charge >= 0.3 is 0 Å². The fourth-order valence-corrected chi connectivity index (χ4v) is 5.63. The van der Waals surface area contributed by atoms with Gasteiger partial charge < -0.3 is 20.4 Å². The minimum atomic E-state index is -3.59. The Bertz CT molecular complexity index is 1440. The van der Waals surface area contributed by atoms with Crippen LogP contribution in [0.3, 0.4) is 0 Å². The average molecular weight is 563 g/mol. The maximum absolute atomic E-state index is 12.1. The molecular formula is C33H38O6S. The SMILES string of the molecule is CC(C)c1cc(C(C)(C)c2ccc(O)c(C(C)C)c2)ccc1O.O=S(=O)(c1ccc(O)cc1)c1ccc(O)cc1. The minimum absolute atomic E-state index is 0.00894. The van der Waals surface area contributed by atoms with Crippen LogP contribution < -0.4 is 0 Å². The van der Waals surface area contributed by atoms with E-state index in [0.29, 0.717) is 11.5 Å². The van der Waals surface area contributed by atoms with Gasteiger partial charge in [-0.3, -0.25) is 0 Å². The van der Waals surface area contributed by atoms with E-state index in [1.807, 2.05) is 12.1 Å². The highest BCUT2D eigenvalue weighted by Crippen LogP contribution is 2.38. The van der Waals surface area contributed by atoms with Crippen molar-refractivity contribution in [2.45, 2.75) is 68.6 Å². The highest BCUT2D eigenvalue weighted by atomic mass is 32.2. The first-order valence-electron chi connectivity index (χ1n) is 13.1. The third-order valence-electron chi connectivity index (χ3n) is 7.04. The van der Waals surface area contributed by atoms with Crippen molar-refractivity contribution in [3.05, 3.63) is 107 Å². The third kappa shape index (κ3) is 6.77. The lowest BCUT2D eigenvalue weighted by Crippen LogP contribution is -2.19. The van der Waals surface area contributed by atoms with Crippen LogP contribution in [-0.2, 0) is 15.3 Å². The molecule has 0 aliphatic heterocycles. The van der Waals surface area contributed by atoms with E-state index in [-0.39, 0.29) is 38.5 Å². The van der Waals surface area contributed by atoms with Gasteiger partial charge in [0.25, 0.3) is 0 Å². The number of benzene rings is 4. The third-order valence-corrected chi connectivity index (χ3v) is 8.82. The van der Waals surface area contributed by atoms with Crippen LogP contribution in [0.5, 0.6) is 23.0 Å². The molecule has 0 amide bonds. The molecule has 4 N–H and O–H groups in total. The van der Waals surface area contributed by atoms with Gasteiger partial charge in [0.05, 0.1) is 9.79 Å². The molecule has 0 spiro atoms. The largest absolute Gasteiger partial charge is 0.508 e. The summed E-state index contributed by atoms with van der Waals surface area (Å²) < 4.78 is 24.2. The molecule has 6 nitrogen and oxygen atoms in total. The lowest BCUT2D eigenvalue weighted by Gasteiger charge is -2.28. The molecule has 0 saturated carbocycles. The van der Waals surface area contributed by atoms with E-state index < -0.39 is 9.84 Å². The van der Waals surface area contributed by atoms with E-state index in [1.54, 1.807) is 12.1 Å². The van der Waals surface area contributed by atoms with Gasteiger partial charge in [0, 0.05) is 5.41 Å². The summed E-state index contributed by atoms with van der Waals surface area (Å²) in [6.45, 7) is 12.7. The standard InChI is InChI=1S/C21H28O2.C12H10O4S/c1-13(2)17-11-15(7-9-19(17)22)21(5,6)16-8-10-20(23)18(12-16)14(3)4;13-9-1-5-11(6-2-9)17(15,16)12-7-3-10(14)4-8-12/h7-14,22-23H,1-6H3;1-8,13-14H. The topological polar surface area (TPSA) is 115 Å². The molecule has 0 atom stereocenters. The quantitative estimate of drug-likeness (QED) is 0.192. The fraction of sp³-hybridized carbons (Fsp3) is 0.273. The van der Waals surface area contributed by atoms with Crippen molar-refractivity contribution in [2.75, 3.05) is 0 Å². The molecule has 0 aliphatic rings. The first-order chi connectivity index (χ1) is 18.6. The molecule has 0 fully saturated rings. The van der Waals surface area contributed by atoms with E-state index in [2.05, 4.69) is 53.7 Å². The molecule has 0 heterocycles. The number of hydrogen-bond acceptors (Lipinski definition) is 6. The second kappa shape index (κ2) is 12.0. The van der Waals surface area contributed by atoms with Gasteiger partial charge in [-0.05, 0) is 94.8 Å². The van der Waals surface area contributed by atoms with Gasteiger partial charge in [0.2, 0.25) is 9.84 Å². The highest BCUT2D eigenvalue weighted by Gasteiger charge is 2.26. The predicted molar refractivity (Wildman–Crippen MR) is 158 cm³/mol. The fourth-order valence-electron chi connectivity index (χ4n) is 4.36. The Kier molecular flexibility index (Phi) is 9.21. The Morgan fingerprint density at radius 2 is 0.875 bits per heavy atom. The Morgan fingerprint density at radius 3 is 1.18 bits per heavy atom. The monoisotopic (exact) mass is 562 g/mol. The van der Waals surface area contributed by atoms with Crippen LogP contribution in [0.1, 0.15) is 75.6 Å². The number of phenols is 4. The maximum atomic E-state index is 12.1. The van der Waals surface area contributed by atoms with Crippen LogP contribution in [0.15, 0.2) is 94.7 Å². The average Bonchev–Trinajstić information content (AvgIpc) is 2.89. The van der Waals surface area contributed by atoms with Crippen LogP contribution >= 0.6 is 0 Å². The summed E-state index contributed by atoms with van der Waals surface area (Å²) in [4.78, 5) is 0.196. The molecule has 0 aliphatic carbocycles. The molecule has 40 heavy (non-hydrogen) atoms. The van der Waals surface area contributed by atoms with Crippen molar-refractivity contribution in [1.29, 1.82) is 0 Å². The molecule has 0 radical (unpaired) electrons. The van der Waals surface area contributed by atoms with E-state index >= 15 is 0 Å². The van der Waals surface area contributed by atoms with Gasteiger partial charge in [0.1, 0.15) is 23.0 Å². The smallest absolute Gasteiger partial charge is 0.206 e. The van der Waals surface area contributed by atoms with Gasteiger partial charge in [-0.2, -0.15) is 0 Å². The van der Waals surface area contributed by atoms with Gasteiger partial charge in [-0.15, -0.1) is 0 Å². The van der Waals surface area contributed by atoms with Crippen molar-refractivity contribution in [3.8, 4) is 23.0 Å². The van der Waals surface area contributed by atoms with E-state index in [1.165, 1.54) is 59.7 Å². The van der Waals surface area contributed by atoms with E-state index in [0.717, 1.165) is 11.1 Å². The predicted octanol–water partition coefficient (Wildman–Crippen LogP) is 7.60. The molecule has 0 unspecified atom stereocenters. The van der Waals surface area contributed by atoms with Gasteiger partial charge in [-0.1, -0.05) is 65.8 Å². The molecular weight excluding hydrogens is 524 g/mol. The summed E-state index contributed by atoms with van der Waals surface area (Å²) in [5.74, 6) is 1.28. The highest BCUT2D eigenvalue weighted by molar-refractivity contribution is 7.91. The second-order valence-electron chi connectivity index (χ2n) is 11.0. The van der Waals surface area contributed by atoms with Crippen molar-refractivity contribution in [1.82, 2.24) is 0 Å². The number of hydrogen-bond donors (Lipinski definition) is 4. The molecule has 4 aromatic rings. The second-order valence-corrected chi connectivity index (χ2v) is 12.9. The summed E-state index contributed by atoms with van der Waals surface area (Å²) in [5.41, 5.74) is 4.07. The van der Waals surface area contributed by atoms with Crippen molar-refractivity contribution < 1.29 is 28.8 Å². The zero-order valence-corrected chi connectivity index (χ0v) is 24.6. The van der Waals surface area contributed by atoms with E-state index in [9.17, 15) is 18.6 Å². The van der Waals surface area contributed by atoms with Crippen LogP contribution in [0.2, 0.25) is 0 Å². The van der Waals surface area contributed by atoms with Crippen LogP contribution in [0.25, 0.3) is 0 Å². The Labute approximate surface area is 237 Å². The zero-order valence-electron chi connectivity index (χ0n) is 23.8. The summed E-state index contributed by atoms with van der Waals surface area (Å²) in [6, 6.07) is 22.3. The molecule has 0 saturated heterocycles. The first kappa shape index (κ1) is 30.6. The maximum Gasteiger partial charge on any atom is 0.206 e. The molecule has 4 aromatic carbocycles. The van der Waals surface area contributed by atoms with Crippen LogP contribution in [0, 0.1) is 0 Å². The summed E-state index contributed by atoms with van der Waals surface area (Å²) in [7, 11) is -3.59. The molecule has 212 valence electrons. The number of aromatic hydroxyl groups is 4. The number of phenolic OH excluding ortho intramolecular Hbond substituents is 4. The van der Waals surface area contributed by atoms with Crippen molar-refractivity contribution in [3.63, 3.8) is 0 Å². The zero-order chi connectivity index (χ0) is 29.8. The lowest BCUT2D eigenvalue weighted by atomic mass is 9.76. The minimum Gasteiger partial charge on any atom is -0.508 e. The van der Waals surface area contributed by atoms with Gasteiger partial charge in [-0.25, -0.2) is 8.42 Å². The Hall–Kier alpha value is -3.97. The van der Waals surface area contributed by atoms with Crippen LogP contribution in [0.4, 0.5) is 0 Å². The number of sulfone groups is 1. The lowest BCUT2D eigenvalue weighted by molar-refractivity contribution is 0.463. The molecule has 4 rings (SSSR count). The van der Waals surface area contributed by atoms with E-state index in [4.69, 9.17) is 10.2 Å². The normalized spacial score (nSPS) is 11.8. The molecule has 0 aromatic heterocycles. The van der Waals surface area contributed by atoms with Crippen molar-refractivity contribution in [2.24, 2.45) is 0 Å². The summed E-state index contributed by atoms with van der Waals surface area (Å²) in [5, 5.41) is 38.3. The van der Waals surface area contributed by atoms with Crippen LogP contribution in [-0.4, -0.2) is 28.8 Å². The Balaban J connectivity index is 0.000000230.